The van der Waals surface area contributed by atoms with E-state index < -0.39 is 0 Å². The first kappa shape index (κ1) is 11.0. The SMILES string of the molecule is Clc1ccc(CNCC2CC2)c2ncccc12. The zero-order valence-electron chi connectivity index (χ0n) is 9.62. The largest absolute Gasteiger partial charge is 0.312 e. The van der Waals surface area contributed by atoms with Crippen LogP contribution >= 0.6 is 11.6 Å². The lowest BCUT2D eigenvalue weighted by atomic mass is 10.1. The van der Waals surface area contributed by atoms with Crippen LogP contribution in [-0.2, 0) is 6.54 Å². The van der Waals surface area contributed by atoms with E-state index >= 15 is 0 Å². The van der Waals surface area contributed by atoms with Gasteiger partial charge in [-0.1, -0.05) is 17.7 Å². The molecule has 2 nitrogen and oxygen atoms in total. The molecule has 0 aliphatic heterocycles. The number of rotatable bonds is 4. The second-order valence-corrected chi connectivity index (χ2v) is 5.09. The van der Waals surface area contributed by atoms with Crippen LogP contribution in [0.2, 0.25) is 5.02 Å². The van der Waals surface area contributed by atoms with E-state index in [9.17, 15) is 0 Å². The average molecular weight is 247 g/mol. The molecule has 17 heavy (non-hydrogen) atoms. The summed E-state index contributed by atoms with van der Waals surface area (Å²) in [7, 11) is 0. The van der Waals surface area contributed by atoms with Gasteiger partial charge in [-0.3, -0.25) is 4.98 Å². The number of aromatic nitrogens is 1. The van der Waals surface area contributed by atoms with Crippen molar-refractivity contribution in [1.29, 1.82) is 0 Å². The van der Waals surface area contributed by atoms with Crippen molar-refractivity contribution in [3.63, 3.8) is 0 Å². The summed E-state index contributed by atoms with van der Waals surface area (Å²) in [6, 6.07) is 7.97. The molecule has 88 valence electrons. The van der Waals surface area contributed by atoms with Crippen molar-refractivity contribution in [2.75, 3.05) is 6.54 Å². The van der Waals surface area contributed by atoms with Gasteiger partial charge < -0.3 is 5.32 Å². The van der Waals surface area contributed by atoms with Gasteiger partial charge in [0.2, 0.25) is 0 Å². The van der Waals surface area contributed by atoms with Crippen LogP contribution < -0.4 is 5.32 Å². The smallest absolute Gasteiger partial charge is 0.0761 e. The van der Waals surface area contributed by atoms with Crippen molar-refractivity contribution in [2.45, 2.75) is 19.4 Å². The molecule has 0 saturated heterocycles. The Morgan fingerprint density at radius 3 is 3.00 bits per heavy atom. The minimum absolute atomic E-state index is 0.777. The highest BCUT2D eigenvalue weighted by molar-refractivity contribution is 6.35. The van der Waals surface area contributed by atoms with Crippen LogP contribution in [0.15, 0.2) is 30.5 Å². The summed E-state index contributed by atoms with van der Waals surface area (Å²) in [5.41, 5.74) is 2.24. The highest BCUT2D eigenvalue weighted by atomic mass is 35.5. The fourth-order valence-electron chi connectivity index (χ4n) is 2.07. The van der Waals surface area contributed by atoms with Gasteiger partial charge in [0, 0.05) is 23.2 Å². The quantitative estimate of drug-likeness (QED) is 0.895. The van der Waals surface area contributed by atoms with Gasteiger partial charge in [-0.15, -0.1) is 0 Å². The molecule has 0 unspecified atom stereocenters. The summed E-state index contributed by atoms with van der Waals surface area (Å²) in [6.07, 6.45) is 4.59. The molecule has 1 aromatic heterocycles. The number of hydrogen-bond donors (Lipinski definition) is 1. The molecule has 1 aromatic carbocycles. The normalized spacial score (nSPS) is 15.4. The lowest BCUT2D eigenvalue weighted by Crippen LogP contribution is -2.16. The maximum atomic E-state index is 6.16. The molecule has 3 heteroatoms. The van der Waals surface area contributed by atoms with E-state index in [1.807, 2.05) is 24.4 Å². The van der Waals surface area contributed by atoms with Gasteiger partial charge in [-0.25, -0.2) is 0 Å². The zero-order valence-corrected chi connectivity index (χ0v) is 10.4. The third kappa shape index (κ3) is 2.43. The summed E-state index contributed by atoms with van der Waals surface area (Å²) in [5, 5.41) is 5.31. The number of fused-ring (bicyclic) bond motifs is 1. The molecule has 3 rings (SSSR count). The number of nitrogens with zero attached hydrogens (tertiary/aromatic N) is 1. The van der Waals surface area contributed by atoms with Crippen molar-refractivity contribution in [3.05, 3.63) is 41.0 Å². The van der Waals surface area contributed by atoms with Crippen molar-refractivity contribution in [3.8, 4) is 0 Å². The average Bonchev–Trinajstić information content (AvgIpc) is 3.17. The predicted molar refractivity (Wildman–Crippen MR) is 71.2 cm³/mol. The summed E-state index contributed by atoms with van der Waals surface area (Å²) in [4.78, 5) is 4.43. The first-order valence-electron chi connectivity index (χ1n) is 6.07. The molecule has 0 amide bonds. The molecular formula is C14H15ClN2. The number of hydrogen-bond acceptors (Lipinski definition) is 2. The predicted octanol–water partition coefficient (Wildman–Crippen LogP) is 3.39. The Morgan fingerprint density at radius 2 is 2.18 bits per heavy atom. The summed E-state index contributed by atoms with van der Waals surface area (Å²) >= 11 is 6.16. The van der Waals surface area contributed by atoms with Crippen molar-refractivity contribution < 1.29 is 0 Å². The second kappa shape index (κ2) is 4.63. The molecule has 1 N–H and O–H groups in total. The van der Waals surface area contributed by atoms with Crippen molar-refractivity contribution in [1.82, 2.24) is 10.3 Å². The molecule has 0 atom stereocenters. The van der Waals surface area contributed by atoms with Crippen molar-refractivity contribution >= 4 is 22.5 Å². The van der Waals surface area contributed by atoms with Crippen LogP contribution in [0.4, 0.5) is 0 Å². The molecule has 1 heterocycles. The number of pyridine rings is 1. The Hall–Kier alpha value is -1.12. The summed E-state index contributed by atoms with van der Waals surface area (Å²) in [5.74, 6) is 0.904. The van der Waals surface area contributed by atoms with Crippen LogP contribution in [0.25, 0.3) is 10.9 Å². The Labute approximate surface area is 106 Å². The van der Waals surface area contributed by atoms with Crippen LogP contribution in [0.5, 0.6) is 0 Å². The lowest BCUT2D eigenvalue weighted by molar-refractivity contribution is 0.640. The Morgan fingerprint density at radius 1 is 1.29 bits per heavy atom. The molecule has 0 radical (unpaired) electrons. The van der Waals surface area contributed by atoms with E-state index in [1.165, 1.54) is 18.4 Å². The monoisotopic (exact) mass is 246 g/mol. The number of benzene rings is 1. The number of nitrogens with one attached hydrogen (secondary N) is 1. The highest BCUT2D eigenvalue weighted by Gasteiger charge is 2.20. The highest BCUT2D eigenvalue weighted by Crippen LogP contribution is 2.28. The Kier molecular flexibility index (Phi) is 3.00. The zero-order chi connectivity index (χ0) is 11.7. The Balaban J connectivity index is 1.84. The maximum absolute atomic E-state index is 6.16. The first-order valence-corrected chi connectivity index (χ1v) is 6.45. The first-order chi connectivity index (χ1) is 8.34. The van der Waals surface area contributed by atoms with Crippen LogP contribution in [0, 0.1) is 5.92 Å². The van der Waals surface area contributed by atoms with Gasteiger partial charge in [0.05, 0.1) is 5.52 Å². The number of halogens is 1. The van der Waals surface area contributed by atoms with E-state index in [0.717, 1.165) is 34.9 Å². The standard InChI is InChI=1S/C14H15ClN2/c15-13-6-5-11(9-16-8-10-3-4-10)14-12(13)2-1-7-17-14/h1-2,5-7,10,16H,3-4,8-9H2. The van der Waals surface area contributed by atoms with E-state index in [1.54, 1.807) is 0 Å². The van der Waals surface area contributed by atoms with Gasteiger partial charge in [0.25, 0.3) is 0 Å². The molecule has 0 spiro atoms. The lowest BCUT2D eigenvalue weighted by Gasteiger charge is -2.08. The van der Waals surface area contributed by atoms with Crippen molar-refractivity contribution in [2.24, 2.45) is 5.92 Å². The topological polar surface area (TPSA) is 24.9 Å². The van der Waals surface area contributed by atoms with E-state index in [4.69, 9.17) is 11.6 Å². The molecule has 0 bridgehead atoms. The maximum Gasteiger partial charge on any atom is 0.0761 e. The molecule has 2 aromatic rings. The van der Waals surface area contributed by atoms with E-state index in [0.29, 0.717) is 0 Å². The van der Waals surface area contributed by atoms with Gasteiger partial charge >= 0.3 is 0 Å². The van der Waals surface area contributed by atoms with E-state index in [2.05, 4.69) is 16.4 Å². The fraction of sp³-hybridized carbons (Fsp3) is 0.357. The fourth-order valence-corrected chi connectivity index (χ4v) is 2.29. The minimum Gasteiger partial charge on any atom is -0.312 e. The molecule has 1 saturated carbocycles. The second-order valence-electron chi connectivity index (χ2n) is 4.68. The summed E-state index contributed by atoms with van der Waals surface area (Å²) in [6.45, 7) is 2.00. The van der Waals surface area contributed by atoms with Crippen LogP contribution in [-0.4, -0.2) is 11.5 Å². The summed E-state index contributed by atoms with van der Waals surface area (Å²) < 4.78 is 0. The minimum atomic E-state index is 0.777. The van der Waals surface area contributed by atoms with Crippen LogP contribution in [0.3, 0.4) is 0 Å². The van der Waals surface area contributed by atoms with Gasteiger partial charge in [-0.05, 0) is 49.1 Å². The molecule has 1 aliphatic carbocycles. The third-order valence-electron chi connectivity index (χ3n) is 3.25. The van der Waals surface area contributed by atoms with E-state index in [-0.39, 0.29) is 0 Å². The molecule has 1 aliphatic rings. The molecule has 1 fully saturated rings. The van der Waals surface area contributed by atoms with Gasteiger partial charge in [-0.2, -0.15) is 0 Å². The van der Waals surface area contributed by atoms with Crippen LogP contribution in [0.1, 0.15) is 18.4 Å². The van der Waals surface area contributed by atoms with Gasteiger partial charge in [0.15, 0.2) is 0 Å². The molecular weight excluding hydrogens is 232 g/mol. The van der Waals surface area contributed by atoms with Gasteiger partial charge in [0.1, 0.15) is 0 Å². The Bertz CT molecular complexity index is 535. The third-order valence-corrected chi connectivity index (χ3v) is 3.57.